The molecular weight excluding hydrogens is 526 g/mol. The molecule has 0 aromatic carbocycles. The number of nitrogens with two attached hydrogens (primary N) is 3. The molecule has 0 fully saturated rings. The molecule has 4 amide bonds. The van der Waals surface area contributed by atoms with Crippen molar-refractivity contribution in [2.45, 2.75) is 95.9 Å². The third-order valence-corrected chi connectivity index (χ3v) is 6.69. The van der Waals surface area contributed by atoms with Gasteiger partial charge in [0.25, 0.3) is 0 Å². The largest absolute Gasteiger partial charge is 0.480 e. The third-order valence-electron chi connectivity index (χ3n) is 6.05. The first-order chi connectivity index (χ1) is 18.4. The second-order valence-corrected chi connectivity index (χ2v) is 10.9. The molecule has 0 saturated carbocycles. The molecule has 0 aromatic rings. The first kappa shape index (κ1) is 36.6. The topological polar surface area (TPSA) is 232 Å². The third kappa shape index (κ3) is 15.1. The van der Waals surface area contributed by atoms with Crippen molar-refractivity contribution in [1.29, 1.82) is 0 Å². The molecule has 14 heteroatoms. The summed E-state index contributed by atoms with van der Waals surface area (Å²) < 4.78 is 0. The van der Waals surface area contributed by atoms with E-state index < -0.39 is 59.8 Å². The maximum absolute atomic E-state index is 13.3. The maximum atomic E-state index is 13.3. The standard InChI is InChI=1S/C25H49N7O6S/c1-15(2)20(25(37)38)32-24(36)19(11-14-39-4)31-23(35)18(10-6-8-13-27)30-22(34)17(9-5-7-12-26)29-21(33)16(3)28/h15-20H,5-14,26-28H2,1-4H3,(H,29,33)(H,30,34)(H,31,35)(H,32,36)(H,37,38)/t16-,17-,18-,19-,20-/m0/s1. The van der Waals surface area contributed by atoms with Gasteiger partial charge in [-0.2, -0.15) is 11.8 Å². The number of unbranched alkanes of at least 4 members (excludes halogenated alkanes) is 2. The summed E-state index contributed by atoms with van der Waals surface area (Å²) in [5.41, 5.74) is 16.8. The summed E-state index contributed by atoms with van der Waals surface area (Å²) in [6, 6.07) is -4.86. The van der Waals surface area contributed by atoms with Crippen LogP contribution in [0.3, 0.4) is 0 Å². The van der Waals surface area contributed by atoms with Crippen LogP contribution in [-0.2, 0) is 24.0 Å². The van der Waals surface area contributed by atoms with Gasteiger partial charge >= 0.3 is 5.97 Å². The molecule has 0 radical (unpaired) electrons. The lowest BCUT2D eigenvalue weighted by Gasteiger charge is -2.27. The van der Waals surface area contributed by atoms with Crippen molar-refractivity contribution in [2.24, 2.45) is 23.1 Å². The van der Waals surface area contributed by atoms with Gasteiger partial charge in [0.05, 0.1) is 6.04 Å². The molecule has 13 nitrogen and oxygen atoms in total. The van der Waals surface area contributed by atoms with Crippen LogP contribution in [0.1, 0.15) is 65.7 Å². The molecule has 0 aromatic heterocycles. The summed E-state index contributed by atoms with van der Waals surface area (Å²) in [5.74, 6) is -3.26. The molecule has 0 aliphatic carbocycles. The predicted molar refractivity (Wildman–Crippen MR) is 153 cm³/mol. The molecule has 0 spiro atoms. The average Bonchev–Trinajstić information content (AvgIpc) is 2.87. The first-order valence-electron chi connectivity index (χ1n) is 13.5. The van der Waals surface area contributed by atoms with Crippen LogP contribution in [0, 0.1) is 5.92 Å². The molecule has 0 unspecified atom stereocenters. The number of thioether (sulfide) groups is 1. The van der Waals surface area contributed by atoms with Crippen molar-refractivity contribution < 1.29 is 29.1 Å². The lowest BCUT2D eigenvalue weighted by atomic mass is 10.0. The van der Waals surface area contributed by atoms with Gasteiger partial charge < -0.3 is 43.6 Å². The molecule has 0 heterocycles. The number of aliphatic carboxylic acids is 1. The molecule has 0 rings (SSSR count). The number of carbonyl (C=O) groups excluding carboxylic acids is 4. The minimum absolute atomic E-state index is 0.256. The van der Waals surface area contributed by atoms with Gasteiger partial charge in [-0.25, -0.2) is 4.79 Å². The second-order valence-electron chi connectivity index (χ2n) is 9.89. The summed E-state index contributed by atoms with van der Waals surface area (Å²) >= 11 is 1.47. The highest BCUT2D eigenvalue weighted by molar-refractivity contribution is 7.98. The maximum Gasteiger partial charge on any atom is 0.326 e. The minimum Gasteiger partial charge on any atom is -0.480 e. The number of carboxylic acids is 1. The van der Waals surface area contributed by atoms with Crippen LogP contribution < -0.4 is 38.5 Å². The van der Waals surface area contributed by atoms with E-state index in [9.17, 15) is 29.1 Å². The SMILES string of the molecule is CSCC[C@H](NC(=O)[C@H](CCCCN)NC(=O)[C@H](CCCCN)NC(=O)[C@H](C)N)C(=O)N[C@H](C(=O)O)C(C)C. The van der Waals surface area contributed by atoms with E-state index >= 15 is 0 Å². The number of rotatable bonds is 21. The molecule has 0 aliphatic heterocycles. The van der Waals surface area contributed by atoms with Crippen molar-refractivity contribution in [3.05, 3.63) is 0 Å². The summed E-state index contributed by atoms with van der Waals surface area (Å²) in [4.78, 5) is 63.3. The Bertz CT molecular complexity index is 784. The van der Waals surface area contributed by atoms with Gasteiger partial charge in [0.15, 0.2) is 0 Å². The van der Waals surface area contributed by atoms with Gasteiger partial charge in [0, 0.05) is 0 Å². The molecule has 226 valence electrons. The van der Waals surface area contributed by atoms with Crippen molar-refractivity contribution >= 4 is 41.4 Å². The Morgan fingerprint density at radius 1 is 0.692 bits per heavy atom. The van der Waals surface area contributed by atoms with Crippen LogP contribution >= 0.6 is 11.8 Å². The van der Waals surface area contributed by atoms with E-state index in [0.717, 1.165) is 0 Å². The van der Waals surface area contributed by atoms with E-state index in [1.165, 1.54) is 18.7 Å². The van der Waals surface area contributed by atoms with Gasteiger partial charge in [-0.1, -0.05) is 13.8 Å². The zero-order valence-corrected chi connectivity index (χ0v) is 24.5. The quantitative estimate of drug-likeness (QED) is 0.0780. The molecule has 0 bridgehead atoms. The van der Waals surface area contributed by atoms with E-state index in [1.807, 2.05) is 6.26 Å². The Labute approximate surface area is 235 Å². The van der Waals surface area contributed by atoms with Crippen molar-refractivity contribution in [2.75, 3.05) is 25.1 Å². The van der Waals surface area contributed by atoms with E-state index in [4.69, 9.17) is 17.2 Å². The van der Waals surface area contributed by atoms with Gasteiger partial charge in [-0.15, -0.1) is 0 Å². The van der Waals surface area contributed by atoms with Crippen LogP contribution in [0.4, 0.5) is 0 Å². The number of hydrogen-bond acceptors (Lipinski definition) is 9. The first-order valence-corrected chi connectivity index (χ1v) is 14.9. The van der Waals surface area contributed by atoms with Gasteiger partial charge in [0.2, 0.25) is 23.6 Å². The van der Waals surface area contributed by atoms with Crippen molar-refractivity contribution in [3.63, 3.8) is 0 Å². The fourth-order valence-corrected chi connectivity index (χ4v) is 4.11. The van der Waals surface area contributed by atoms with Gasteiger partial charge in [0.1, 0.15) is 24.2 Å². The Kier molecular flexibility index (Phi) is 19.2. The number of carbonyl (C=O) groups is 5. The normalized spacial score (nSPS) is 15.0. The summed E-state index contributed by atoms with van der Waals surface area (Å²) in [6.07, 6.45) is 5.06. The highest BCUT2D eigenvalue weighted by Crippen LogP contribution is 2.09. The fraction of sp³-hybridized carbons (Fsp3) is 0.800. The number of nitrogens with one attached hydrogen (secondary N) is 4. The Morgan fingerprint density at radius 3 is 1.46 bits per heavy atom. The van der Waals surface area contributed by atoms with Crippen LogP contribution in [0.5, 0.6) is 0 Å². The Balaban J connectivity index is 5.76. The average molecular weight is 576 g/mol. The number of carboxylic acid groups (broad SMARTS) is 1. The highest BCUT2D eigenvalue weighted by Gasteiger charge is 2.32. The molecular formula is C25H49N7O6S. The molecule has 11 N–H and O–H groups in total. The van der Waals surface area contributed by atoms with Gasteiger partial charge in [-0.3, -0.25) is 19.2 Å². The molecule has 39 heavy (non-hydrogen) atoms. The van der Waals surface area contributed by atoms with Gasteiger partial charge in [-0.05, 0) is 82.9 Å². The highest BCUT2D eigenvalue weighted by atomic mass is 32.2. The van der Waals surface area contributed by atoms with E-state index in [0.29, 0.717) is 50.9 Å². The molecule has 5 atom stereocenters. The fourth-order valence-electron chi connectivity index (χ4n) is 3.64. The van der Waals surface area contributed by atoms with Crippen LogP contribution in [-0.4, -0.2) is 90.0 Å². The Morgan fingerprint density at radius 2 is 1.10 bits per heavy atom. The predicted octanol–water partition coefficient (Wildman–Crippen LogP) is -0.975. The molecule has 0 saturated heterocycles. The van der Waals surface area contributed by atoms with E-state index in [-0.39, 0.29) is 18.8 Å². The van der Waals surface area contributed by atoms with Crippen molar-refractivity contribution in [3.8, 4) is 0 Å². The smallest absolute Gasteiger partial charge is 0.326 e. The number of amides is 4. The number of hydrogen-bond donors (Lipinski definition) is 8. The molecule has 0 aliphatic rings. The lowest BCUT2D eigenvalue weighted by Crippen LogP contribution is -2.58. The van der Waals surface area contributed by atoms with Crippen LogP contribution in [0.2, 0.25) is 0 Å². The Hall–Kier alpha value is -2.42. The lowest BCUT2D eigenvalue weighted by molar-refractivity contribution is -0.143. The zero-order valence-electron chi connectivity index (χ0n) is 23.7. The van der Waals surface area contributed by atoms with E-state index in [1.54, 1.807) is 13.8 Å². The monoisotopic (exact) mass is 575 g/mol. The van der Waals surface area contributed by atoms with Crippen LogP contribution in [0.15, 0.2) is 0 Å². The van der Waals surface area contributed by atoms with E-state index in [2.05, 4.69) is 21.3 Å². The zero-order chi connectivity index (χ0) is 30.0. The summed E-state index contributed by atoms with van der Waals surface area (Å²) in [7, 11) is 0. The van der Waals surface area contributed by atoms with Crippen LogP contribution in [0.25, 0.3) is 0 Å². The summed E-state index contributed by atoms with van der Waals surface area (Å²) in [6.45, 7) is 5.68. The minimum atomic E-state index is -1.17. The summed E-state index contributed by atoms with van der Waals surface area (Å²) in [5, 5.41) is 20.0. The second kappa shape index (κ2) is 20.5. The van der Waals surface area contributed by atoms with Crippen molar-refractivity contribution in [1.82, 2.24) is 21.3 Å².